The molecule has 0 saturated heterocycles. The van der Waals surface area contributed by atoms with Gasteiger partial charge in [-0.1, -0.05) is 63.9 Å². The molecular formula is C19H13Cl3N6OS. The summed E-state index contributed by atoms with van der Waals surface area (Å²) in [5.41, 5.74) is 2.71. The van der Waals surface area contributed by atoms with E-state index < -0.39 is 0 Å². The zero-order valence-electron chi connectivity index (χ0n) is 15.2. The first-order valence-electron chi connectivity index (χ1n) is 8.66. The number of anilines is 1. The lowest BCUT2D eigenvalue weighted by Crippen LogP contribution is -2.14. The predicted octanol–water partition coefficient (Wildman–Crippen LogP) is 4.96. The Labute approximate surface area is 190 Å². The highest BCUT2D eigenvalue weighted by molar-refractivity contribution is 8.00. The molecule has 0 unspecified atom stereocenters. The van der Waals surface area contributed by atoms with E-state index in [1.54, 1.807) is 22.9 Å². The van der Waals surface area contributed by atoms with E-state index in [2.05, 4.69) is 25.6 Å². The van der Waals surface area contributed by atoms with Crippen molar-refractivity contribution in [2.45, 2.75) is 11.6 Å². The molecule has 0 aliphatic rings. The maximum Gasteiger partial charge on any atom is 0.234 e. The van der Waals surface area contributed by atoms with Crippen molar-refractivity contribution in [3.63, 3.8) is 0 Å². The third-order valence-corrected chi connectivity index (χ3v) is 6.03. The Morgan fingerprint density at radius 3 is 2.60 bits per heavy atom. The summed E-state index contributed by atoms with van der Waals surface area (Å²) in [5, 5.41) is 13.2. The number of halogens is 3. The Kier molecular flexibility index (Phi) is 6.38. The van der Waals surface area contributed by atoms with Crippen molar-refractivity contribution in [1.29, 1.82) is 0 Å². The molecule has 0 radical (unpaired) electrons. The zero-order chi connectivity index (χ0) is 21.1. The second kappa shape index (κ2) is 9.18. The molecule has 1 amide bonds. The Bertz CT molecular complexity index is 1210. The maximum atomic E-state index is 12.3. The molecule has 11 heteroatoms. The number of amides is 1. The summed E-state index contributed by atoms with van der Waals surface area (Å²) >= 11 is 19.0. The summed E-state index contributed by atoms with van der Waals surface area (Å²) in [6, 6.07) is 12.4. The fourth-order valence-corrected chi connectivity index (χ4v) is 3.81. The van der Waals surface area contributed by atoms with Gasteiger partial charge in [-0.3, -0.25) is 4.79 Å². The van der Waals surface area contributed by atoms with Crippen molar-refractivity contribution in [3.05, 3.63) is 69.4 Å². The number of nitrogens with zero attached hydrogens (tertiary/aromatic N) is 5. The summed E-state index contributed by atoms with van der Waals surface area (Å²) < 4.78 is 1.68. The average Bonchev–Trinajstić information content (AvgIpc) is 3.14. The van der Waals surface area contributed by atoms with Gasteiger partial charge in [0.25, 0.3) is 0 Å². The molecule has 2 aromatic heterocycles. The van der Waals surface area contributed by atoms with Gasteiger partial charge in [-0.25, -0.2) is 14.6 Å². The van der Waals surface area contributed by atoms with Gasteiger partial charge in [0.2, 0.25) is 5.91 Å². The maximum absolute atomic E-state index is 12.3. The van der Waals surface area contributed by atoms with E-state index in [1.165, 1.54) is 18.1 Å². The lowest BCUT2D eigenvalue weighted by molar-refractivity contribution is -0.113. The minimum atomic E-state index is -0.210. The number of benzene rings is 2. The summed E-state index contributed by atoms with van der Waals surface area (Å²) in [7, 11) is 0. The monoisotopic (exact) mass is 478 g/mol. The molecule has 2 aromatic carbocycles. The predicted molar refractivity (Wildman–Crippen MR) is 119 cm³/mol. The molecule has 0 atom stereocenters. The van der Waals surface area contributed by atoms with Crippen molar-refractivity contribution < 1.29 is 4.79 Å². The van der Waals surface area contributed by atoms with Crippen molar-refractivity contribution in [2.75, 3.05) is 11.1 Å². The lowest BCUT2D eigenvalue weighted by atomic mass is 10.2. The first-order chi connectivity index (χ1) is 14.5. The normalized spacial score (nSPS) is 11.0. The number of carbonyl (C=O) groups excluding carboxylic acids is 1. The number of nitrogens with one attached hydrogen (secondary N) is 1. The number of rotatable bonds is 6. The van der Waals surface area contributed by atoms with Crippen LogP contribution in [0.3, 0.4) is 0 Å². The molecule has 7 nitrogen and oxygen atoms in total. The SMILES string of the molecule is O=C(CSc1ncnc2c1nnn2Cc1ccc(Cl)cc1)Nc1ccc(Cl)c(Cl)c1. The van der Waals surface area contributed by atoms with Crippen LogP contribution in [0.2, 0.25) is 15.1 Å². The van der Waals surface area contributed by atoms with Gasteiger partial charge in [0.15, 0.2) is 11.2 Å². The van der Waals surface area contributed by atoms with Crippen LogP contribution in [0.15, 0.2) is 53.8 Å². The third kappa shape index (κ3) is 4.84. The summed E-state index contributed by atoms with van der Waals surface area (Å²) in [5.74, 6) is -0.0742. The van der Waals surface area contributed by atoms with Crippen LogP contribution in [-0.2, 0) is 11.3 Å². The topological polar surface area (TPSA) is 85.6 Å². The molecule has 0 aliphatic heterocycles. The van der Waals surface area contributed by atoms with Gasteiger partial charge < -0.3 is 5.32 Å². The highest BCUT2D eigenvalue weighted by Crippen LogP contribution is 2.26. The molecule has 4 rings (SSSR count). The fourth-order valence-electron chi connectivity index (χ4n) is 2.65. The number of hydrogen-bond donors (Lipinski definition) is 1. The second-order valence-corrected chi connectivity index (χ2v) is 8.41. The first-order valence-corrected chi connectivity index (χ1v) is 10.8. The Morgan fingerprint density at radius 1 is 1.03 bits per heavy atom. The van der Waals surface area contributed by atoms with Crippen molar-refractivity contribution in [1.82, 2.24) is 25.0 Å². The van der Waals surface area contributed by atoms with Gasteiger partial charge in [0.05, 0.1) is 22.3 Å². The Morgan fingerprint density at radius 2 is 1.83 bits per heavy atom. The summed E-state index contributed by atoms with van der Waals surface area (Å²) in [6.07, 6.45) is 1.43. The van der Waals surface area contributed by atoms with E-state index in [-0.39, 0.29) is 11.7 Å². The van der Waals surface area contributed by atoms with Crippen molar-refractivity contribution >= 4 is 69.3 Å². The zero-order valence-corrected chi connectivity index (χ0v) is 18.3. The second-order valence-electron chi connectivity index (χ2n) is 6.19. The molecule has 1 N–H and O–H groups in total. The quantitative estimate of drug-likeness (QED) is 0.311. The van der Waals surface area contributed by atoms with E-state index in [0.717, 1.165) is 5.56 Å². The van der Waals surface area contributed by atoms with Crippen LogP contribution >= 0.6 is 46.6 Å². The molecule has 0 saturated carbocycles. The van der Waals surface area contributed by atoms with E-state index in [4.69, 9.17) is 34.8 Å². The number of aromatic nitrogens is 5. The molecule has 0 aliphatic carbocycles. The van der Waals surface area contributed by atoms with Gasteiger partial charge in [0.1, 0.15) is 11.4 Å². The van der Waals surface area contributed by atoms with Gasteiger partial charge >= 0.3 is 0 Å². The molecular weight excluding hydrogens is 467 g/mol. The number of hydrogen-bond acceptors (Lipinski definition) is 6. The molecule has 30 heavy (non-hydrogen) atoms. The van der Waals surface area contributed by atoms with Crippen LogP contribution in [0.1, 0.15) is 5.56 Å². The van der Waals surface area contributed by atoms with Crippen molar-refractivity contribution in [2.24, 2.45) is 0 Å². The standard InChI is InChI=1S/C19H13Cl3N6OS/c20-12-3-1-11(2-4-12)8-28-18-17(26-27-28)19(24-10-23-18)30-9-16(29)25-13-5-6-14(21)15(22)7-13/h1-7,10H,8-9H2,(H,25,29). The minimum Gasteiger partial charge on any atom is -0.325 e. The summed E-state index contributed by atoms with van der Waals surface area (Å²) in [6.45, 7) is 0.493. The van der Waals surface area contributed by atoms with Crippen LogP contribution in [0.25, 0.3) is 11.2 Å². The van der Waals surface area contributed by atoms with Crippen LogP contribution in [-0.4, -0.2) is 36.6 Å². The van der Waals surface area contributed by atoms with Gasteiger partial charge in [-0.2, -0.15) is 0 Å². The lowest BCUT2D eigenvalue weighted by Gasteiger charge is -2.06. The van der Waals surface area contributed by atoms with Gasteiger partial charge in [-0.05, 0) is 35.9 Å². The largest absolute Gasteiger partial charge is 0.325 e. The molecule has 2 heterocycles. The third-order valence-electron chi connectivity index (χ3n) is 4.06. The van der Waals surface area contributed by atoms with E-state index >= 15 is 0 Å². The van der Waals surface area contributed by atoms with Crippen LogP contribution < -0.4 is 5.32 Å². The molecule has 0 spiro atoms. The Hall–Kier alpha value is -2.39. The highest BCUT2D eigenvalue weighted by atomic mass is 35.5. The van der Waals surface area contributed by atoms with E-state index in [1.807, 2.05) is 24.3 Å². The number of thioether (sulfide) groups is 1. The average molecular weight is 480 g/mol. The molecule has 152 valence electrons. The molecule has 0 fully saturated rings. The van der Waals surface area contributed by atoms with Gasteiger partial charge in [0, 0.05) is 10.7 Å². The molecule has 4 aromatic rings. The number of carbonyl (C=O) groups is 1. The van der Waals surface area contributed by atoms with Crippen LogP contribution in [0.4, 0.5) is 5.69 Å². The number of fused-ring (bicyclic) bond motifs is 1. The van der Waals surface area contributed by atoms with Crippen LogP contribution in [0.5, 0.6) is 0 Å². The Balaban J connectivity index is 1.45. The fraction of sp³-hybridized carbons (Fsp3) is 0.105. The smallest absolute Gasteiger partial charge is 0.234 e. The van der Waals surface area contributed by atoms with Crippen molar-refractivity contribution in [3.8, 4) is 0 Å². The summed E-state index contributed by atoms with van der Waals surface area (Å²) in [4.78, 5) is 20.8. The van der Waals surface area contributed by atoms with E-state index in [0.29, 0.717) is 43.5 Å². The highest BCUT2D eigenvalue weighted by Gasteiger charge is 2.14. The minimum absolute atomic E-state index is 0.135. The molecule has 0 bridgehead atoms. The first kappa shape index (κ1) is 20.9. The van der Waals surface area contributed by atoms with E-state index in [9.17, 15) is 4.79 Å². The van der Waals surface area contributed by atoms with Gasteiger partial charge in [-0.15, -0.1) is 5.10 Å². The van der Waals surface area contributed by atoms with Crippen LogP contribution in [0, 0.1) is 0 Å².